The Kier molecular flexibility index (Phi) is 7.12. The molecule has 0 bridgehead atoms. The smallest absolute Gasteiger partial charge is 0.242 e. The minimum atomic E-state index is -0.135. The summed E-state index contributed by atoms with van der Waals surface area (Å²) in [5, 5.41) is 0.617. The fourth-order valence-corrected chi connectivity index (χ4v) is 4.62. The number of benzene rings is 1. The Bertz CT molecular complexity index is 883. The molecule has 8 heteroatoms. The Morgan fingerprint density at radius 1 is 1.10 bits per heavy atom. The number of halogens is 1. The van der Waals surface area contributed by atoms with Gasteiger partial charge in [-0.15, -0.1) is 0 Å². The molecule has 2 fully saturated rings. The molecular weight excluding hydrogens is 416 g/mol. The topological polar surface area (TPSA) is 67.7 Å². The van der Waals surface area contributed by atoms with Crippen molar-refractivity contribution < 1.29 is 14.3 Å². The minimum Gasteiger partial charge on any atom is -0.490 e. The van der Waals surface area contributed by atoms with Gasteiger partial charge in [0.05, 0.1) is 6.33 Å². The number of carbonyl (C=O) groups is 2. The van der Waals surface area contributed by atoms with Crippen LogP contribution in [-0.2, 0) is 16.1 Å². The number of rotatable bonds is 6. The van der Waals surface area contributed by atoms with E-state index in [1.807, 2.05) is 28.0 Å². The summed E-state index contributed by atoms with van der Waals surface area (Å²) >= 11 is 6.12. The highest BCUT2D eigenvalue weighted by molar-refractivity contribution is 6.30. The van der Waals surface area contributed by atoms with E-state index in [1.165, 1.54) is 6.42 Å². The minimum absolute atomic E-state index is 0.0367. The van der Waals surface area contributed by atoms with E-state index in [9.17, 15) is 9.59 Å². The molecule has 0 radical (unpaired) electrons. The van der Waals surface area contributed by atoms with E-state index in [0.29, 0.717) is 36.7 Å². The number of carbonyl (C=O) groups excluding carboxylic acids is 2. The van der Waals surface area contributed by atoms with Crippen molar-refractivity contribution >= 4 is 23.4 Å². The second-order valence-corrected chi connectivity index (χ2v) is 8.82. The quantitative estimate of drug-likeness (QED) is 0.686. The predicted octanol–water partition coefficient (Wildman–Crippen LogP) is 3.24. The van der Waals surface area contributed by atoms with Gasteiger partial charge in [0.25, 0.3) is 0 Å². The molecule has 2 atom stereocenters. The molecule has 0 saturated carbocycles. The Morgan fingerprint density at radius 2 is 1.94 bits per heavy atom. The second kappa shape index (κ2) is 10.2. The number of hydrogen-bond donors (Lipinski definition) is 0. The molecule has 166 valence electrons. The SMILES string of the molecule is O=C(C[C@H]1CN(C(=O)Cn2ccnc2)CC[C@@H]1Oc1cccc(Cl)c1)N1CCCCC1. The molecule has 2 amide bonds. The largest absolute Gasteiger partial charge is 0.490 e. The lowest BCUT2D eigenvalue weighted by Crippen LogP contribution is -2.50. The Balaban J connectivity index is 1.44. The first-order valence-electron chi connectivity index (χ1n) is 11.0. The standard InChI is InChI=1S/C23H29ClN4O3/c24-19-5-4-6-20(14-19)31-21-7-11-28(23(30)16-26-12-8-25-17-26)15-18(21)13-22(29)27-9-2-1-3-10-27/h4-6,8,12,14,17-18,21H,1-3,7,9-11,13,15-16H2/t18-,21-/m0/s1. The zero-order chi connectivity index (χ0) is 21.6. The molecule has 1 aromatic heterocycles. The molecule has 0 N–H and O–H groups in total. The van der Waals surface area contributed by atoms with Gasteiger partial charge in [0, 0.05) is 62.4 Å². The van der Waals surface area contributed by atoms with E-state index in [1.54, 1.807) is 29.4 Å². The van der Waals surface area contributed by atoms with Crippen LogP contribution in [0.5, 0.6) is 5.75 Å². The summed E-state index contributed by atoms with van der Waals surface area (Å²) in [6.07, 6.45) is 9.34. The zero-order valence-corrected chi connectivity index (χ0v) is 18.4. The molecule has 2 aliphatic heterocycles. The fraction of sp³-hybridized carbons (Fsp3) is 0.522. The van der Waals surface area contributed by atoms with E-state index < -0.39 is 0 Å². The molecule has 2 saturated heterocycles. The van der Waals surface area contributed by atoms with E-state index in [-0.39, 0.29) is 30.4 Å². The molecule has 31 heavy (non-hydrogen) atoms. The van der Waals surface area contributed by atoms with Crippen molar-refractivity contribution in [3.63, 3.8) is 0 Å². The van der Waals surface area contributed by atoms with Crippen LogP contribution in [0, 0.1) is 5.92 Å². The monoisotopic (exact) mass is 444 g/mol. The van der Waals surface area contributed by atoms with Crippen LogP contribution in [0.2, 0.25) is 5.02 Å². The Labute approximate surface area is 187 Å². The van der Waals surface area contributed by atoms with Gasteiger partial charge in [-0.2, -0.15) is 0 Å². The van der Waals surface area contributed by atoms with Crippen LogP contribution in [0.3, 0.4) is 0 Å². The van der Waals surface area contributed by atoms with Crippen LogP contribution in [0.25, 0.3) is 0 Å². The number of imidazole rings is 1. The number of hydrogen-bond acceptors (Lipinski definition) is 4. The van der Waals surface area contributed by atoms with Crippen molar-refractivity contribution in [1.82, 2.24) is 19.4 Å². The maximum atomic E-state index is 13.0. The summed E-state index contributed by atoms with van der Waals surface area (Å²) in [6, 6.07) is 7.34. The lowest BCUT2D eigenvalue weighted by Gasteiger charge is -2.39. The first-order chi connectivity index (χ1) is 15.1. The number of amides is 2. The summed E-state index contributed by atoms with van der Waals surface area (Å²) in [5.41, 5.74) is 0. The number of likely N-dealkylation sites (tertiary alicyclic amines) is 2. The summed E-state index contributed by atoms with van der Waals surface area (Å²) < 4.78 is 8.03. The van der Waals surface area contributed by atoms with Crippen molar-refractivity contribution in [2.45, 2.75) is 44.8 Å². The molecule has 1 aromatic carbocycles. The summed E-state index contributed by atoms with van der Waals surface area (Å²) in [7, 11) is 0. The van der Waals surface area contributed by atoms with Crippen LogP contribution < -0.4 is 4.74 Å². The van der Waals surface area contributed by atoms with Gasteiger partial charge in [-0.05, 0) is 37.5 Å². The predicted molar refractivity (Wildman–Crippen MR) is 118 cm³/mol. The maximum absolute atomic E-state index is 13.0. The maximum Gasteiger partial charge on any atom is 0.242 e. The van der Waals surface area contributed by atoms with Gasteiger partial charge in [0.1, 0.15) is 18.4 Å². The van der Waals surface area contributed by atoms with Gasteiger partial charge >= 0.3 is 0 Å². The van der Waals surface area contributed by atoms with Crippen molar-refractivity contribution in [3.05, 3.63) is 48.0 Å². The third-order valence-corrected chi connectivity index (χ3v) is 6.36. The Hall–Kier alpha value is -2.54. The van der Waals surface area contributed by atoms with Crippen molar-refractivity contribution in [2.75, 3.05) is 26.2 Å². The summed E-state index contributed by atoms with van der Waals surface area (Å²) in [6.45, 7) is 3.03. The van der Waals surface area contributed by atoms with E-state index >= 15 is 0 Å². The van der Waals surface area contributed by atoms with Crippen LogP contribution in [-0.4, -0.2) is 63.4 Å². The van der Waals surface area contributed by atoms with E-state index in [0.717, 1.165) is 25.9 Å². The van der Waals surface area contributed by atoms with Crippen LogP contribution in [0.4, 0.5) is 0 Å². The summed E-state index contributed by atoms with van der Waals surface area (Å²) in [4.78, 5) is 33.6. The lowest BCUT2D eigenvalue weighted by molar-refractivity contribution is -0.140. The molecule has 0 unspecified atom stereocenters. The van der Waals surface area contributed by atoms with Crippen LogP contribution >= 0.6 is 11.6 Å². The van der Waals surface area contributed by atoms with E-state index in [4.69, 9.17) is 16.3 Å². The normalized spacial score (nSPS) is 21.7. The van der Waals surface area contributed by atoms with Gasteiger partial charge in [-0.3, -0.25) is 9.59 Å². The van der Waals surface area contributed by atoms with Crippen LogP contribution in [0.15, 0.2) is 43.0 Å². The highest BCUT2D eigenvalue weighted by atomic mass is 35.5. The summed E-state index contributed by atoms with van der Waals surface area (Å²) in [5.74, 6) is 0.836. The number of piperidine rings is 2. The fourth-order valence-electron chi connectivity index (χ4n) is 4.44. The van der Waals surface area contributed by atoms with Crippen molar-refractivity contribution in [3.8, 4) is 5.75 Å². The number of nitrogens with zero attached hydrogens (tertiary/aromatic N) is 4. The van der Waals surface area contributed by atoms with Gasteiger partial charge in [-0.1, -0.05) is 17.7 Å². The third-order valence-electron chi connectivity index (χ3n) is 6.12. The molecule has 4 rings (SSSR count). The van der Waals surface area contributed by atoms with Crippen molar-refractivity contribution in [2.24, 2.45) is 5.92 Å². The van der Waals surface area contributed by atoms with E-state index in [2.05, 4.69) is 4.98 Å². The van der Waals surface area contributed by atoms with Gasteiger partial charge in [0.15, 0.2) is 0 Å². The van der Waals surface area contributed by atoms with Gasteiger partial charge in [0.2, 0.25) is 11.8 Å². The average Bonchev–Trinajstić information content (AvgIpc) is 3.28. The molecule has 3 heterocycles. The second-order valence-electron chi connectivity index (χ2n) is 8.38. The van der Waals surface area contributed by atoms with Crippen molar-refractivity contribution in [1.29, 1.82) is 0 Å². The molecular formula is C23H29ClN4O3. The number of ether oxygens (including phenoxy) is 1. The highest BCUT2D eigenvalue weighted by Gasteiger charge is 2.35. The molecule has 2 aromatic rings. The van der Waals surface area contributed by atoms with Gasteiger partial charge in [-0.25, -0.2) is 4.98 Å². The molecule has 2 aliphatic rings. The third kappa shape index (κ3) is 5.79. The zero-order valence-electron chi connectivity index (χ0n) is 17.7. The number of aromatic nitrogens is 2. The Morgan fingerprint density at radius 3 is 2.68 bits per heavy atom. The lowest BCUT2D eigenvalue weighted by atomic mass is 9.90. The first-order valence-corrected chi connectivity index (χ1v) is 11.4. The highest BCUT2D eigenvalue weighted by Crippen LogP contribution is 2.28. The average molecular weight is 445 g/mol. The van der Waals surface area contributed by atoms with Gasteiger partial charge < -0.3 is 19.1 Å². The molecule has 0 aliphatic carbocycles. The van der Waals surface area contributed by atoms with Crippen LogP contribution in [0.1, 0.15) is 32.1 Å². The molecule has 0 spiro atoms. The first kappa shape index (κ1) is 21.7. The molecule has 7 nitrogen and oxygen atoms in total.